The predicted octanol–water partition coefficient (Wildman–Crippen LogP) is 8.91. The van der Waals surface area contributed by atoms with Gasteiger partial charge in [0.1, 0.15) is 22.8 Å². The summed E-state index contributed by atoms with van der Waals surface area (Å²) in [4.78, 5) is 39.9. The van der Waals surface area contributed by atoms with Crippen LogP contribution in [0.25, 0.3) is 0 Å². The molecule has 0 aliphatic heterocycles. The van der Waals surface area contributed by atoms with Crippen LogP contribution in [0.3, 0.4) is 0 Å². The van der Waals surface area contributed by atoms with Crippen LogP contribution in [-0.4, -0.2) is 24.1 Å². The first-order valence-electron chi connectivity index (χ1n) is 14.4. The second kappa shape index (κ2) is 15.5. The normalized spacial score (nSPS) is 10.8. The highest BCUT2D eigenvalue weighted by atomic mass is 16.5. The van der Waals surface area contributed by atoms with Crippen molar-refractivity contribution in [2.24, 2.45) is 5.41 Å². The molecule has 0 unspecified atom stereocenters. The number of benzene rings is 3. The van der Waals surface area contributed by atoms with Crippen LogP contribution >= 0.6 is 0 Å². The van der Waals surface area contributed by atoms with Crippen LogP contribution in [0.2, 0.25) is 0 Å². The topological polar surface area (TPSA) is 88.1 Å². The number of allylic oxidation sites excluding steroid dienone is 3. The number of Topliss-reactive ketones (excluding diaryl/α,β-unsaturated/α-hetero) is 2. The third-order valence-corrected chi connectivity index (χ3v) is 6.80. The first kappa shape index (κ1) is 33.6. The summed E-state index contributed by atoms with van der Waals surface area (Å²) in [5.41, 5.74) is 0.395. The number of carbonyl (C=O) groups is 3. The average molecular weight is 597 g/mol. The van der Waals surface area contributed by atoms with Crippen LogP contribution in [0.5, 0.6) is 17.2 Å². The molecule has 0 spiro atoms. The van der Waals surface area contributed by atoms with Crippen molar-refractivity contribution in [1.82, 2.24) is 0 Å². The number of ketones is 2. The Labute approximate surface area is 259 Å². The van der Waals surface area contributed by atoms with Crippen molar-refractivity contribution >= 4 is 17.5 Å². The predicted molar refractivity (Wildman–Crippen MR) is 171 cm³/mol. The second-order valence-corrected chi connectivity index (χ2v) is 11.1. The molecule has 0 saturated heterocycles. The van der Waals surface area contributed by atoms with Crippen molar-refractivity contribution in [2.75, 3.05) is 6.61 Å². The Bertz CT molecular complexity index is 1370. The summed E-state index contributed by atoms with van der Waals surface area (Å²) in [6.07, 6.45) is 0.982. The fourth-order valence-electron chi connectivity index (χ4n) is 4.55. The lowest BCUT2D eigenvalue weighted by Crippen LogP contribution is -2.27. The number of para-hydroxylation sites is 3. The van der Waals surface area contributed by atoms with E-state index in [4.69, 9.17) is 18.9 Å². The molecule has 0 radical (unpaired) electrons. The Morgan fingerprint density at radius 3 is 1.32 bits per heavy atom. The fraction of sp³-hybridized carbons (Fsp3) is 0.270. The molecule has 0 heterocycles. The molecule has 0 N–H and O–H groups in total. The molecular formula is C37H40O7. The van der Waals surface area contributed by atoms with E-state index >= 15 is 0 Å². The fourth-order valence-corrected chi connectivity index (χ4v) is 4.55. The van der Waals surface area contributed by atoms with Crippen LogP contribution in [0.1, 0.15) is 84.5 Å². The molecule has 0 bridgehead atoms. The minimum Gasteiger partial charge on any atom is -0.462 e. The molecule has 3 aromatic rings. The third-order valence-electron chi connectivity index (χ3n) is 6.80. The van der Waals surface area contributed by atoms with Gasteiger partial charge in [0.15, 0.2) is 11.6 Å². The summed E-state index contributed by atoms with van der Waals surface area (Å²) in [6.45, 7) is 18.3. The molecule has 0 aromatic heterocycles. The van der Waals surface area contributed by atoms with Crippen LogP contribution in [0.15, 0.2) is 110 Å². The van der Waals surface area contributed by atoms with E-state index in [1.165, 1.54) is 0 Å². The van der Waals surface area contributed by atoms with E-state index in [2.05, 4.69) is 19.7 Å². The largest absolute Gasteiger partial charge is 0.462 e. The maximum atomic E-state index is 13.4. The highest BCUT2D eigenvalue weighted by Crippen LogP contribution is 2.34. The number of carbonyl (C=O) groups excluding carboxylic acids is 3. The minimum atomic E-state index is -0.723. The zero-order chi connectivity index (χ0) is 32.3. The van der Waals surface area contributed by atoms with E-state index in [0.29, 0.717) is 58.5 Å². The Kier molecular flexibility index (Phi) is 11.9. The Morgan fingerprint density at radius 1 is 0.591 bits per heavy atom. The van der Waals surface area contributed by atoms with Gasteiger partial charge in [-0.05, 0) is 70.0 Å². The highest BCUT2D eigenvalue weighted by molar-refractivity contribution is 5.99. The number of hydrogen-bond donors (Lipinski definition) is 0. The van der Waals surface area contributed by atoms with Crippen molar-refractivity contribution in [3.05, 3.63) is 127 Å². The summed E-state index contributed by atoms with van der Waals surface area (Å²) in [6, 6.07) is 20.7. The van der Waals surface area contributed by atoms with Crippen molar-refractivity contribution in [1.29, 1.82) is 0 Å². The van der Waals surface area contributed by atoms with E-state index in [0.717, 1.165) is 0 Å². The summed E-state index contributed by atoms with van der Waals surface area (Å²) in [5, 5.41) is 0. The van der Waals surface area contributed by atoms with E-state index in [1.54, 1.807) is 93.6 Å². The van der Waals surface area contributed by atoms with Gasteiger partial charge in [-0.2, -0.15) is 0 Å². The van der Waals surface area contributed by atoms with Gasteiger partial charge in [0.25, 0.3) is 0 Å². The van der Waals surface area contributed by atoms with Gasteiger partial charge in [-0.15, -0.1) is 0 Å². The first-order valence-corrected chi connectivity index (χ1v) is 14.4. The second-order valence-electron chi connectivity index (χ2n) is 11.1. The molecule has 3 rings (SSSR count). The molecular weight excluding hydrogens is 556 g/mol. The van der Waals surface area contributed by atoms with E-state index < -0.39 is 11.4 Å². The van der Waals surface area contributed by atoms with Gasteiger partial charge in [0.05, 0.1) is 35.0 Å². The summed E-state index contributed by atoms with van der Waals surface area (Å²) < 4.78 is 22.7. The van der Waals surface area contributed by atoms with Gasteiger partial charge < -0.3 is 18.9 Å². The molecule has 7 nitrogen and oxygen atoms in total. The lowest BCUT2D eigenvalue weighted by molar-refractivity contribution is 0.0267. The smallest absolute Gasteiger partial charge is 0.341 e. The molecule has 44 heavy (non-hydrogen) atoms. The van der Waals surface area contributed by atoms with Crippen LogP contribution in [-0.2, 0) is 4.74 Å². The molecule has 3 aromatic carbocycles. The van der Waals surface area contributed by atoms with E-state index in [-0.39, 0.29) is 36.6 Å². The molecule has 230 valence electrons. The minimum absolute atomic E-state index is 0.0262. The molecule has 0 amide bonds. The van der Waals surface area contributed by atoms with Crippen molar-refractivity contribution < 1.29 is 33.3 Å². The van der Waals surface area contributed by atoms with Gasteiger partial charge in [-0.1, -0.05) is 63.1 Å². The molecule has 0 aliphatic carbocycles. The van der Waals surface area contributed by atoms with Crippen molar-refractivity contribution in [2.45, 2.75) is 53.4 Å². The summed E-state index contributed by atoms with van der Waals surface area (Å²) in [5.74, 6) is 1.70. The van der Waals surface area contributed by atoms with E-state index in [1.807, 2.05) is 6.92 Å². The maximum Gasteiger partial charge on any atom is 0.341 e. The van der Waals surface area contributed by atoms with Gasteiger partial charge in [0.2, 0.25) is 0 Å². The van der Waals surface area contributed by atoms with Crippen molar-refractivity contribution in [3.63, 3.8) is 0 Å². The number of rotatable bonds is 17. The molecule has 0 saturated carbocycles. The van der Waals surface area contributed by atoms with Crippen LogP contribution in [0.4, 0.5) is 0 Å². The van der Waals surface area contributed by atoms with Gasteiger partial charge in [-0.25, -0.2) is 4.79 Å². The number of hydrogen-bond acceptors (Lipinski definition) is 7. The SMILES string of the molecule is C=C(C)Oc1ccccc1C(=O)CCC(C)(CCC(=O)c1ccccc1OC(=C)C)COC(=O)c1ccccc1OC(=C)C. The summed E-state index contributed by atoms with van der Waals surface area (Å²) in [7, 11) is 0. The highest BCUT2D eigenvalue weighted by Gasteiger charge is 2.30. The maximum absolute atomic E-state index is 13.4. The van der Waals surface area contributed by atoms with Gasteiger partial charge >= 0.3 is 5.97 Å². The molecule has 0 aliphatic rings. The summed E-state index contributed by atoms with van der Waals surface area (Å²) >= 11 is 0. The lowest BCUT2D eigenvalue weighted by Gasteiger charge is -2.29. The number of ether oxygens (including phenoxy) is 4. The lowest BCUT2D eigenvalue weighted by atomic mass is 9.79. The number of esters is 1. The van der Waals surface area contributed by atoms with Gasteiger partial charge in [0, 0.05) is 18.3 Å². The monoisotopic (exact) mass is 596 g/mol. The first-order chi connectivity index (χ1) is 20.9. The van der Waals surface area contributed by atoms with Gasteiger partial charge in [-0.3, -0.25) is 9.59 Å². The zero-order valence-electron chi connectivity index (χ0n) is 25.9. The third kappa shape index (κ3) is 9.83. The van der Waals surface area contributed by atoms with Crippen molar-refractivity contribution in [3.8, 4) is 17.2 Å². The Balaban J connectivity index is 1.82. The Hall–Kier alpha value is -4.91. The quantitative estimate of drug-likeness (QED) is 0.0873. The molecule has 0 atom stereocenters. The van der Waals surface area contributed by atoms with Crippen LogP contribution in [0, 0.1) is 5.41 Å². The zero-order valence-corrected chi connectivity index (χ0v) is 25.9. The Morgan fingerprint density at radius 2 is 0.932 bits per heavy atom. The standard InChI is InChI=1S/C37H40O7/c1-25(2)42-33-17-11-8-14-28(33)31(38)20-22-37(7,23-21-32(39)29-15-9-12-18-34(29)43-26(3)4)24-41-36(40)30-16-10-13-19-35(30)44-27(5)6/h8-19H,1,3,5,20-24H2,2,4,6-7H3. The molecule has 7 heteroatoms. The average Bonchev–Trinajstić information content (AvgIpc) is 2.97. The molecule has 0 fully saturated rings. The van der Waals surface area contributed by atoms with Crippen LogP contribution < -0.4 is 14.2 Å². The van der Waals surface area contributed by atoms with E-state index in [9.17, 15) is 14.4 Å².